The van der Waals surface area contributed by atoms with Crippen LogP contribution in [0.3, 0.4) is 0 Å². The summed E-state index contributed by atoms with van der Waals surface area (Å²) in [6.45, 7) is 3.12. The third-order valence-corrected chi connectivity index (χ3v) is 5.40. The monoisotopic (exact) mass is 350 g/mol. The molecule has 3 rings (SSSR count). The Labute approximate surface area is 148 Å². The Balaban J connectivity index is 1.86. The molecule has 1 aliphatic carbocycles. The summed E-state index contributed by atoms with van der Waals surface area (Å²) in [6, 6.07) is 6.12. The fraction of sp³-hybridized carbons (Fsp3) is 0.579. The topological polar surface area (TPSA) is 57.4 Å². The molecular weight excluding hydrogens is 324 g/mol. The molecule has 0 aliphatic heterocycles. The molecule has 5 heteroatoms. The summed E-state index contributed by atoms with van der Waals surface area (Å²) in [5, 5.41) is 25.0. The maximum Gasteiger partial charge on any atom is 0.0843 e. The van der Waals surface area contributed by atoms with Gasteiger partial charge in [-0.25, -0.2) is 0 Å². The molecule has 132 valence electrons. The Kier molecular flexibility index (Phi) is 5.82. The van der Waals surface area contributed by atoms with Gasteiger partial charge in [0.05, 0.1) is 29.8 Å². The van der Waals surface area contributed by atoms with E-state index in [-0.39, 0.29) is 12.6 Å². The quantitative estimate of drug-likeness (QED) is 0.719. The molecule has 1 heterocycles. The van der Waals surface area contributed by atoms with Crippen molar-refractivity contribution in [3.63, 3.8) is 0 Å². The summed E-state index contributed by atoms with van der Waals surface area (Å²) in [4.78, 5) is 0. The summed E-state index contributed by atoms with van der Waals surface area (Å²) >= 11 is 6.49. The molecule has 0 amide bonds. The SMILES string of the molecule is CC[C@H](CO)NC[C@@H](O)Cn1c2c(c3cccc(Cl)c31)CCCC2. The van der Waals surface area contributed by atoms with Crippen LogP contribution in [0.25, 0.3) is 10.9 Å². The Hall–Kier alpha value is -1.07. The molecule has 0 unspecified atom stereocenters. The Bertz CT molecular complexity index is 694. The van der Waals surface area contributed by atoms with E-state index in [4.69, 9.17) is 11.6 Å². The lowest BCUT2D eigenvalue weighted by Gasteiger charge is -2.21. The predicted molar refractivity (Wildman–Crippen MR) is 98.8 cm³/mol. The van der Waals surface area contributed by atoms with Gasteiger partial charge in [0, 0.05) is 23.7 Å². The first-order valence-electron chi connectivity index (χ1n) is 8.96. The third-order valence-electron chi connectivity index (χ3n) is 5.10. The number of rotatable bonds is 7. The molecule has 0 saturated heterocycles. The molecule has 4 nitrogen and oxygen atoms in total. The first-order chi connectivity index (χ1) is 11.7. The highest BCUT2D eigenvalue weighted by Gasteiger charge is 2.22. The van der Waals surface area contributed by atoms with Crippen LogP contribution in [0.5, 0.6) is 0 Å². The van der Waals surface area contributed by atoms with E-state index in [1.54, 1.807) is 0 Å². The molecule has 2 atom stereocenters. The van der Waals surface area contributed by atoms with E-state index in [0.717, 1.165) is 29.8 Å². The number of aryl methyl sites for hydroxylation is 1. The van der Waals surface area contributed by atoms with Crippen molar-refractivity contribution in [2.75, 3.05) is 13.2 Å². The van der Waals surface area contributed by atoms with E-state index in [0.29, 0.717) is 13.1 Å². The maximum absolute atomic E-state index is 10.5. The fourth-order valence-electron chi connectivity index (χ4n) is 3.76. The summed E-state index contributed by atoms with van der Waals surface area (Å²) in [5.41, 5.74) is 3.79. The summed E-state index contributed by atoms with van der Waals surface area (Å²) < 4.78 is 2.22. The minimum absolute atomic E-state index is 0.0403. The number of nitrogens with zero attached hydrogens (tertiary/aromatic N) is 1. The van der Waals surface area contributed by atoms with Crippen LogP contribution in [-0.4, -0.2) is 40.1 Å². The number of hydrogen-bond acceptors (Lipinski definition) is 3. The number of benzene rings is 1. The summed E-state index contributed by atoms with van der Waals surface area (Å²) in [5.74, 6) is 0. The normalized spacial score (nSPS) is 17.0. The molecule has 0 saturated carbocycles. The predicted octanol–water partition coefficient (Wildman–Crippen LogP) is 2.89. The van der Waals surface area contributed by atoms with Crippen LogP contribution in [0.15, 0.2) is 18.2 Å². The summed E-state index contributed by atoms with van der Waals surface area (Å²) in [7, 11) is 0. The van der Waals surface area contributed by atoms with Crippen molar-refractivity contribution in [2.45, 2.75) is 57.7 Å². The zero-order valence-electron chi connectivity index (χ0n) is 14.3. The first kappa shape index (κ1) is 17.7. The molecule has 3 N–H and O–H groups in total. The Morgan fingerprint density at radius 3 is 2.83 bits per heavy atom. The van der Waals surface area contributed by atoms with Gasteiger partial charge in [0.15, 0.2) is 0 Å². The zero-order valence-corrected chi connectivity index (χ0v) is 15.0. The van der Waals surface area contributed by atoms with Crippen LogP contribution in [0.1, 0.15) is 37.4 Å². The van der Waals surface area contributed by atoms with Crippen molar-refractivity contribution in [1.82, 2.24) is 9.88 Å². The van der Waals surface area contributed by atoms with E-state index in [1.807, 2.05) is 19.1 Å². The number of aliphatic hydroxyl groups is 2. The van der Waals surface area contributed by atoms with Crippen LogP contribution < -0.4 is 5.32 Å². The Morgan fingerprint density at radius 2 is 2.08 bits per heavy atom. The summed E-state index contributed by atoms with van der Waals surface area (Å²) in [6.07, 6.45) is 4.89. The van der Waals surface area contributed by atoms with Crippen molar-refractivity contribution in [3.05, 3.63) is 34.5 Å². The molecule has 1 aromatic heterocycles. The van der Waals surface area contributed by atoms with Gasteiger partial charge in [-0.1, -0.05) is 30.7 Å². The van der Waals surface area contributed by atoms with Crippen molar-refractivity contribution in [1.29, 1.82) is 0 Å². The van der Waals surface area contributed by atoms with Gasteiger partial charge in [-0.05, 0) is 43.7 Å². The van der Waals surface area contributed by atoms with Crippen LogP contribution in [0, 0.1) is 0 Å². The maximum atomic E-state index is 10.5. The van der Waals surface area contributed by atoms with Crippen molar-refractivity contribution >= 4 is 22.5 Å². The third kappa shape index (κ3) is 3.47. The van der Waals surface area contributed by atoms with Gasteiger partial charge in [0.25, 0.3) is 0 Å². The largest absolute Gasteiger partial charge is 0.395 e. The zero-order chi connectivity index (χ0) is 17.1. The van der Waals surface area contributed by atoms with Gasteiger partial charge in [-0.3, -0.25) is 0 Å². The highest BCUT2D eigenvalue weighted by atomic mass is 35.5. The minimum atomic E-state index is -0.511. The molecule has 0 radical (unpaired) electrons. The van der Waals surface area contributed by atoms with Crippen LogP contribution >= 0.6 is 11.6 Å². The van der Waals surface area contributed by atoms with Gasteiger partial charge in [0.2, 0.25) is 0 Å². The number of fused-ring (bicyclic) bond motifs is 3. The second-order valence-corrected chi connectivity index (χ2v) is 7.14. The second kappa shape index (κ2) is 7.87. The standard InChI is InChI=1S/C19H27ClN2O2/c1-2-13(12-23)21-10-14(24)11-22-18-9-4-3-6-15(18)16-7-5-8-17(20)19(16)22/h5,7-8,13-14,21,23-24H,2-4,6,9-12H2,1H3/t13-,14-/m1/s1. The lowest BCUT2D eigenvalue weighted by Crippen LogP contribution is -2.39. The highest BCUT2D eigenvalue weighted by molar-refractivity contribution is 6.35. The average molecular weight is 351 g/mol. The molecule has 1 aliphatic rings. The van der Waals surface area contributed by atoms with E-state index in [2.05, 4.69) is 16.0 Å². The number of halogens is 1. The lowest BCUT2D eigenvalue weighted by atomic mass is 9.95. The van der Waals surface area contributed by atoms with E-state index in [1.165, 1.54) is 29.5 Å². The first-order valence-corrected chi connectivity index (χ1v) is 9.34. The van der Waals surface area contributed by atoms with Gasteiger partial charge >= 0.3 is 0 Å². The van der Waals surface area contributed by atoms with Gasteiger partial charge in [-0.2, -0.15) is 0 Å². The molecule has 1 aromatic carbocycles. The number of aromatic nitrogens is 1. The Morgan fingerprint density at radius 1 is 1.29 bits per heavy atom. The van der Waals surface area contributed by atoms with Crippen LogP contribution in [0.2, 0.25) is 5.02 Å². The molecule has 0 bridgehead atoms. The second-order valence-electron chi connectivity index (χ2n) is 6.73. The lowest BCUT2D eigenvalue weighted by molar-refractivity contribution is 0.139. The smallest absolute Gasteiger partial charge is 0.0843 e. The van der Waals surface area contributed by atoms with Crippen molar-refractivity contribution in [3.8, 4) is 0 Å². The van der Waals surface area contributed by atoms with Crippen molar-refractivity contribution in [2.24, 2.45) is 0 Å². The van der Waals surface area contributed by atoms with Gasteiger partial charge in [0.1, 0.15) is 0 Å². The highest BCUT2D eigenvalue weighted by Crippen LogP contribution is 2.35. The van der Waals surface area contributed by atoms with E-state index >= 15 is 0 Å². The molecular formula is C19H27ClN2O2. The molecule has 2 aromatic rings. The van der Waals surface area contributed by atoms with Crippen LogP contribution in [0.4, 0.5) is 0 Å². The van der Waals surface area contributed by atoms with Gasteiger partial charge in [-0.15, -0.1) is 0 Å². The van der Waals surface area contributed by atoms with Crippen LogP contribution in [-0.2, 0) is 19.4 Å². The van der Waals surface area contributed by atoms with Gasteiger partial charge < -0.3 is 20.1 Å². The minimum Gasteiger partial charge on any atom is -0.395 e. The number of para-hydroxylation sites is 1. The molecule has 24 heavy (non-hydrogen) atoms. The number of nitrogens with one attached hydrogen (secondary N) is 1. The van der Waals surface area contributed by atoms with E-state index < -0.39 is 6.10 Å². The van der Waals surface area contributed by atoms with Crippen molar-refractivity contribution < 1.29 is 10.2 Å². The molecule has 0 spiro atoms. The molecule has 0 fully saturated rings. The number of hydrogen-bond donors (Lipinski definition) is 3. The average Bonchev–Trinajstić information content (AvgIpc) is 2.91. The van der Waals surface area contributed by atoms with E-state index in [9.17, 15) is 10.2 Å². The fourth-order valence-corrected chi connectivity index (χ4v) is 4.04. The number of aliphatic hydroxyl groups excluding tert-OH is 2.